The Balaban J connectivity index is 1.97. The number of allylic oxidation sites excluding steroid dienone is 1. The van der Waals surface area contributed by atoms with Crippen LogP contribution in [0.2, 0.25) is 0 Å². The first-order valence-electron chi connectivity index (χ1n) is 8.12. The van der Waals surface area contributed by atoms with Gasteiger partial charge in [-0.25, -0.2) is 0 Å². The third kappa shape index (κ3) is 2.54. The molecule has 0 aromatic heterocycles. The number of hydrogen-bond donors (Lipinski definition) is 1. The van der Waals surface area contributed by atoms with Crippen LogP contribution in [0.5, 0.6) is 11.5 Å². The molecular formula is C21H17NO4. The number of rotatable bonds is 3. The molecule has 2 aromatic rings. The van der Waals surface area contributed by atoms with Crippen molar-refractivity contribution in [3.63, 3.8) is 0 Å². The van der Waals surface area contributed by atoms with E-state index in [4.69, 9.17) is 19.9 Å². The van der Waals surface area contributed by atoms with E-state index in [1.54, 1.807) is 31.8 Å². The smallest absolute Gasteiger partial charge is 0.248 e. The lowest BCUT2D eigenvalue weighted by Crippen LogP contribution is -2.14. The first kappa shape index (κ1) is 16.0. The summed E-state index contributed by atoms with van der Waals surface area (Å²) in [6, 6.07) is 11.2. The number of methoxy groups -OCH3 is 1. The molecule has 26 heavy (non-hydrogen) atoms. The fourth-order valence-corrected chi connectivity index (χ4v) is 3.21. The predicted octanol–water partition coefficient (Wildman–Crippen LogP) is 3.68. The lowest BCUT2D eigenvalue weighted by molar-refractivity contribution is 0.1000. The zero-order valence-electron chi connectivity index (χ0n) is 14.4. The van der Waals surface area contributed by atoms with Crippen molar-refractivity contribution < 1.29 is 19.0 Å². The van der Waals surface area contributed by atoms with Gasteiger partial charge in [-0.05, 0) is 48.4 Å². The number of ether oxygens (including phenoxy) is 3. The largest absolute Gasteiger partial charge is 0.497 e. The number of amides is 1. The van der Waals surface area contributed by atoms with E-state index in [-0.39, 0.29) is 0 Å². The molecule has 0 bridgehead atoms. The molecule has 1 amide bonds. The zero-order chi connectivity index (χ0) is 18.3. The average molecular weight is 347 g/mol. The van der Waals surface area contributed by atoms with Crippen molar-refractivity contribution in [1.29, 1.82) is 0 Å². The number of carbonyl (C=O) groups excluding carboxylic acids is 1. The fraction of sp³-hybridized carbons (Fsp3) is 0.0952. The van der Waals surface area contributed by atoms with Crippen LogP contribution in [0.4, 0.5) is 0 Å². The molecule has 0 radical (unpaired) electrons. The Bertz CT molecular complexity index is 1010. The van der Waals surface area contributed by atoms with Gasteiger partial charge in [0.05, 0.1) is 13.4 Å². The minimum atomic E-state index is -0.444. The van der Waals surface area contributed by atoms with Gasteiger partial charge in [-0.15, -0.1) is 0 Å². The molecule has 0 atom stereocenters. The maximum absolute atomic E-state index is 11.5. The van der Waals surface area contributed by atoms with Crippen LogP contribution in [-0.4, -0.2) is 13.0 Å². The Labute approximate surface area is 151 Å². The van der Waals surface area contributed by atoms with Crippen molar-refractivity contribution in [2.75, 3.05) is 7.11 Å². The van der Waals surface area contributed by atoms with E-state index in [2.05, 4.69) is 0 Å². The number of nitrogens with two attached hydrogens (primary N) is 1. The van der Waals surface area contributed by atoms with Crippen molar-refractivity contribution in [3.05, 3.63) is 88.6 Å². The van der Waals surface area contributed by atoms with Gasteiger partial charge >= 0.3 is 0 Å². The van der Waals surface area contributed by atoms with Crippen LogP contribution in [0.15, 0.2) is 66.3 Å². The lowest BCUT2D eigenvalue weighted by Gasteiger charge is -2.27. The predicted molar refractivity (Wildman–Crippen MR) is 97.6 cm³/mol. The van der Waals surface area contributed by atoms with Gasteiger partial charge in [-0.1, -0.05) is 6.07 Å². The van der Waals surface area contributed by atoms with Crippen LogP contribution >= 0.6 is 0 Å². The zero-order valence-corrected chi connectivity index (χ0v) is 14.4. The molecule has 2 N–H and O–H groups in total. The Morgan fingerprint density at radius 1 is 1.12 bits per heavy atom. The van der Waals surface area contributed by atoms with E-state index >= 15 is 0 Å². The highest BCUT2D eigenvalue weighted by Crippen LogP contribution is 2.44. The summed E-state index contributed by atoms with van der Waals surface area (Å²) < 4.78 is 16.6. The van der Waals surface area contributed by atoms with Crippen LogP contribution in [0.3, 0.4) is 0 Å². The second kappa shape index (κ2) is 6.11. The molecular weight excluding hydrogens is 330 g/mol. The average Bonchev–Trinajstić information content (AvgIpc) is 2.65. The number of primary amides is 1. The monoisotopic (exact) mass is 347 g/mol. The summed E-state index contributed by atoms with van der Waals surface area (Å²) in [7, 11) is 1.62. The Kier molecular flexibility index (Phi) is 3.77. The van der Waals surface area contributed by atoms with Crippen LogP contribution in [0.25, 0.3) is 5.57 Å². The molecule has 0 saturated carbocycles. The summed E-state index contributed by atoms with van der Waals surface area (Å²) in [4.78, 5) is 11.5. The van der Waals surface area contributed by atoms with Gasteiger partial charge in [-0.3, -0.25) is 4.79 Å². The van der Waals surface area contributed by atoms with Gasteiger partial charge in [0, 0.05) is 28.3 Å². The summed E-state index contributed by atoms with van der Waals surface area (Å²) >= 11 is 0. The van der Waals surface area contributed by atoms with Gasteiger partial charge in [0.2, 0.25) is 5.91 Å². The standard InChI is InChI=1S/C21H17NO4/c1-12-9-13(21(22)23)3-5-15(12)20-16-6-4-14(24-2)10-18(16)26-19-11-25-8-7-17(19)20/h3-11H,1-2H3,(H2,22,23). The van der Waals surface area contributed by atoms with Crippen molar-refractivity contribution in [2.24, 2.45) is 5.73 Å². The summed E-state index contributed by atoms with van der Waals surface area (Å²) in [5.74, 6) is 1.58. The van der Waals surface area contributed by atoms with Crippen molar-refractivity contribution in [3.8, 4) is 11.5 Å². The summed E-state index contributed by atoms with van der Waals surface area (Å²) in [6.07, 6.45) is 5.06. The van der Waals surface area contributed by atoms with Crippen molar-refractivity contribution in [2.45, 2.75) is 6.92 Å². The first-order chi connectivity index (χ1) is 12.6. The van der Waals surface area contributed by atoms with Gasteiger partial charge < -0.3 is 19.9 Å². The van der Waals surface area contributed by atoms with E-state index < -0.39 is 5.91 Å². The van der Waals surface area contributed by atoms with E-state index in [0.717, 1.165) is 27.8 Å². The Hall–Kier alpha value is -3.47. The molecule has 2 aliphatic rings. The maximum atomic E-state index is 11.5. The highest BCUT2D eigenvalue weighted by Gasteiger charge is 2.27. The molecule has 2 heterocycles. The Morgan fingerprint density at radius 3 is 2.65 bits per heavy atom. The number of hydrogen-bond acceptors (Lipinski definition) is 4. The minimum Gasteiger partial charge on any atom is -0.497 e. The van der Waals surface area contributed by atoms with Gasteiger partial charge in [-0.2, -0.15) is 0 Å². The van der Waals surface area contributed by atoms with E-state index in [1.807, 2.05) is 37.3 Å². The van der Waals surface area contributed by atoms with Crippen molar-refractivity contribution in [1.82, 2.24) is 0 Å². The van der Waals surface area contributed by atoms with Gasteiger partial charge in [0.25, 0.3) is 0 Å². The van der Waals surface area contributed by atoms with Crippen LogP contribution in [-0.2, 0) is 4.74 Å². The molecule has 4 rings (SSSR count). The normalized spacial score (nSPS) is 14.6. The maximum Gasteiger partial charge on any atom is 0.248 e. The Morgan fingerprint density at radius 2 is 1.92 bits per heavy atom. The number of benzene rings is 2. The molecule has 0 fully saturated rings. The second-order valence-corrected chi connectivity index (χ2v) is 6.07. The molecule has 2 aromatic carbocycles. The molecule has 0 spiro atoms. The topological polar surface area (TPSA) is 70.8 Å². The summed E-state index contributed by atoms with van der Waals surface area (Å²) in [6.45, 7) is 1.96. The molecule has 0 aliphatic carbocycles. The van der Waals surface area contributed by atoms with Gasteiger partial charge in [0.15, 0.2) is 5.76 Å². The van der Waals surface area contributed by atoms with Gasteiger partial charge in [0.1, 0.15) is 17.8 Å². The lowest BCUT2D eigenvalue weighted by atomic mass is 9.86. The molecule has 130 valence electrons. The fourth-order valence-electron chi connectivity index (χ4n) is 3.21. The van der Waals surface area contributed by atoms with Crippen LogP contribution in [0, 0.1) is 6.92 Å². The minimum absolute atomic E-state index is 0.444. The van der Waals surface area contributed by atoms with E-state index in [1.165, 1.54) is 0 Å². The number of carbonyl (C=O) groups is 1. The third-order valence-electron chi connectivity index (χ3n) is 4.48. The quantitative estimate of drug-likeness (QED) is 0.919. The SMILES string of the molecule is COc1ccc2c(c1)OC1=COC=CC1=C2c1ccc(C(N)=O)cc1C. The summed E-state index contributed by atoms with van der Waals surface area (Å²) in [5.41, 5.74) is 10.7. The molecule has 0 saturated heterocycles. The molecule has 5 nitrogen and oxygen atoms in total. The van der Waals surface area contributed by atoms with Crippen LogP contribution in [0.1, 0.15) is 27.0 Å². The van der Waals surface area contributed by atoms with Crippen LogP contribution < -0.4 is 15.2 Å². The molecule has 0 unspecified atom stereocenters. The van der Waals surface area contributed by atoms with E-state index in [0.29, 0.717) is 22.8 Å². The number of aryl methyl sites for hydroxylation is 1. The second-order valence-electron chi connectivity index (χ2n) is 6.07. The summed E-state index contributed by atoms with van der Waals surface area (Å²) in [5, 5.41) is 0. The van der Waals surface area contributed by atoms with Crippen molar-refractivity contribution >= 4 is 11.5 Å². The molecule has 5 heteroatoms. The molecule has 2 aliphatic heterocycles. The number of fused-ring (bicyclic) bond motifs is 2. The first-order valence-corrected chi connectivity index (χ1v) is 8.12. The highest BCUT2D eigenvalue weighted by atomic mass is 16.5. The third-order valence-corrected chi connectivity index (χ3v) is 4.48. The highest BCUT2D eigenvalue weighted by molar-refractivity contribution is 5.95. The van der Waals surface area contributed by atoms with E-state index in [9.17, 15) is 4.79 Å².